The van der Waals surface area contributed by atoms with Crippen molar-refractivity contribution in [1.29, 1.82) is 0 Å². The predicted molar refractivity (Wildman–Crippen MR) is 75.6 cm³/mol. The molecule has 3 N–H and O–H groups in total. The highest BCUT2D eigenvalue weighted by atomic mass is 16.5. The summed E-state index contributed by atoms with van der Waals surface area (Å²) in [5, 5.41) is 9.66. The molecule has 2 aromatic rings. The fourth-order valence-corrected chi connectivity index (χ4v) is 2.23. The smallest absolute Gasteiger partial charge is 0.128 e. The molecule has 2 atom stereocenters. The number of aliphatic hydroxyl groups is 1. The number of hydrogen-bond acceptors (Lipinski definition) is 4. The third-order valence-electron chi connectivity index (χ3n) is 3.42. The maximum atomic E-state index is 9.66. The van der Waals surface area contributed by atoms with Gasteiger partial charge >= 0.3 is 0 Å². The van der Waals surface area contributed by atoms with Gasteiger partial charge in [-0.25, -0.2) is 0 Å². The summed E-state index contributed by atoms with van der Waals surface area (Å²) in [7, 11) is 0. The molecule has 0 spiro atoms. The van der Waals surface area contributed by atoms with E-state index in [9.17, 15) is 5.11 Å². The molecule has 0 fully saturated rings. The summed E-state index contributed by atoms with van der Waals surface area (Å²) < 4.78 is 11.2. The maximum absolute atomic E-state index is 9.66. The molecule has 4 nitrogen and oxygen atoms in total. The largest absolute Gasteiger partial charge is 0.490 e. The summed E-state index contributed by atoms with van der Waals surface area (Å²) in [6.45, 7) is 0.727. The zero-order valence-electron chi connectivity index (χ0n) is 11.0. The van der Waals surface area contributed by atoms with Gasteiger partial charge in [-0.1, -0.05) is 30.3 Å². The van der Waals surface area contributed by atoms with Gasteiger partial charge in [-0.2, -0.15) is 0 Å². The number of nitrogens with two attached hydrogens (primary N) is 1. The minimum atomic E-state index is -0.654. The number of rotatable bonds is 3. The third kappa shape index (κ3) is 2.61. The van der Waals surface area contributed by atoms with Gasteiger partial charge in [0.2, 0.25) is 0 Å². The van der Waals surface area contributed by atoms with E-state index in [4.69, 9.17) is 15.2 Å². The molecule has 0 radical (unpaired) electrons. The van der Waals surface area contributed by atoms with Crippen LogP contribution < -0.4 is 15.2 Å². The van der Waals surface area contributed by atoms with Gasteiger partial charge in [-0.3, -0.25) is 0 Å². The van der Waals surface area contributed by atoms with Crippen molar-refractivity contribution in [2.45, 2.75) is 18.8 Å². The topological polar surface area (TPSA) is 64.7 Å². The van der Waals surface area contributed by atoms with Crippen molar-refractivity contribution in [3.8, 4) is 11.5 Å². The average molecular weight is 271 g/mol. The molecule has 1 aliphatic rings. The molecule has 0 amide bonds. The molecular weight excluding hydrogens is 254 g/mol. The molecular formula is C16H17NO3. The van der Waals surface area contributed by atoms with Crippen LogP contribution in [0.25, 0.3) is 0 Å². The van der Waals surface area contributed by atoms with Crippen molar-refractivity contribution in [2.75, 3.05) is 6.61 Å². The minimum absolute atomic E-state index is 0.219. The quantitative estimate of drug-likeness (QED) is 0.896. The number of ether oxygens (including phenoxy) is 2. The van der Waals surface area contributed by atoms with Crippen molar-refractivity contribution < 1.29 is 14.6 Å². The van der Waals surface area contributed by atoms with E-state index < -0.39 is 12.1 Å². The standard InChI is InChI=1S/C16H17NO3/c17-16-13-7-6-12(8-15(13)20-10-14(16)18)19-9-11-4-2-1-3-5-11/h1-8,14,16,18H,9-10,17H2/t14-,16+/m0/s1. The van der Waals surface area contributed by atoms with Crippen LogP contribution in [-0.2, 0) is 6.61 Å². The Labute approximate surface area is 117 Å². The fourth-order valence-electron chi connectivity index (χ4n) is 2.23. The second-order valence-electron chi connectivity index (χ2n) is 4.88. The van der Waals surface area contributed by atoms with Gasteiger partial charge in [0, 0.05) is 11.6 Å². The Bertz CT molecular complexity index is 586. The molecule has 0 saturated heterocycles. The Morgan fingerprint density at radius 3 is 2.80 bits per heavy atom. The molecule has 0 saturated carbocycles. The third-order valence-corrected chi connectivity index (χ3v) is 3.42. The number of aliphatic hydroxyl groups excluding tert-OH is 1. The van der Waals surface area contributed by atoms with Crippen LogP contribution >= 0.6 is 0 Å². The fraction of sp³-hybridized carbons (Fsp3) is 0.250. The Kier molecular flexibility index (Phi) is 3.58. The molecule has 0 unspecified atom stereocenters. The van der Waals surface area contributed by atoms with E-state index in [-0.39, 0.29) is 6.61 Å². The molecule has 4 heteroatoms. The van der Waals surface area contributed by atoms with Gasteiger partial charge in [0.25, 0.3) is 0 Å². The molecule has 1 aliphatic heterocycles. The average Bonchev–Trinajstić information content (AvgIpc) is 2.50. The van der Waals surface area contributed by atoms with Crippen LogP contribution in [0.15, 0.2) is 48.5 Å². The summed E-state index contributed by atoms with van der Waals surface area (Å²) in [5.41, 5.74) is 7.86. The zero-order chi connectivity index (χ0) is 13.9. The van der Waals surface area contributed by atoms with Crippen LogP contribution in [0.5, 0.6) is 11.5 Å². The number of fused-ring (bicyclic) bond motifs is 1. The molecule has 1 heterocycles. The number of benzene rings is 2. The van der Waals surface area contributed by atoms with Gasteiger partial charge in [0.05, 0.1) is 6.04 Å². The van der Waals surface area contributed by atoms with Gasteiger partial charge in [-0.05, 0) is 17.7 Å². The van der Waals surface area contributed by atoms with Gasteiger partial charge < -0.3 is 20.3 Å². The molecule has 0 aliphatic carbocycles. The molecule has 2 aromatic carbocycles. The first-order valence-electron chi connectivity index (χ1n) is 6.61. The van der Waals surface area contributed by atoms with E-state index in [1.54, 1.807) is 0 Å². The van der Waals surface area contributed by atoms with Gasteiger partial charge in [-0.15, -0.1) is 0 Å². The first kappa shape index (κ1) is 13.0. The van der Waals surface area contributed by atoms with Crippen LogP contribution in [0.4, 0.5) is 0 Å². The first-order valence-corrected chi connectivity index (χ1v) is 6.61. The second-order valence-corrected chi connectivity index (χ2v) is 4.88. The Hall–Kier alpha value is -2.04. The summed E-state index contributed by atoms with van der Waals surface area (Å²) in [4.78, 5) is 0. The molecule has 104 valence electrons. The van der Waals surface area contributed by atoms with Crippen LogP contribution in [0, 0.1) is 0 Å². The van der Waals surface area contributed by atoms with Gasteiger partial charge in [0.15, 0.2) is 0 Å². The van der Waals surface area contributed by atoms with E-state index in [1.165, 1.54) is 0 Å². The van der Waals surface area contributed by atoms with Crippen molar-refractivity contribution in [2.24, 2.45) is 5.73 Å². The molecule has 0 bridgehead atoms. The van der Waals surface area contributed by atoms with E-state index in [1.807, 2.05) is 48.5 Å². The van der Waals surface area contributed by atoms with Crippen molar-refractivity contribution in [3.63, 3.8) is 0 Å². The lowest BCUT2D eigenvalue weighted by Gasteiger charge is -2.27. The van der Waals surface area contributed by atoms with Crippen LogP contribution in [-0.4, -0.2) is 17.8 Å². The monoisotopic (exact) mass is 271 g/mol. The van der Waals surface area contributed by atoms with Crippen molar-refractivity contribution >= 4 is 0 Å². The highest BCUT2D eigenvalue weighted by molar-refractivity contribution is 5.44. The molecule has 20 heavy (non-hydrogen) atoms. The first-order chi connectivity index (χ1) is 9.74. The molecule has 0 aromatic heterocycles. The van der Waals surface area contributed by atoms with Crippen molar-refractivity contribution in [1.82, 2.24) is 0 Å². The van der Waals surface area contributed by atoms with Gasteiger partial charge in [0.1, 0.15) is 30.8 Å². The van der Waals surface area contributed by atoms with Crippen molar-refractivity contribution in [3.05, 3.63) is 59.7 Å². The second kappa shape index (κ2) is 5.53. The summed E-state index contributed by atoms with van der Waals surface area (Å²) in [6, 6.07) is 15.1. The summed E-state index contributed by atoms with van der Waals surface area (Å²) in [6.07, 6.45) is -0.654. The zero-order valence-corrected chi connectivity index (χ0v) is 11.0. The lowest BCUT2D eigenvalue weighted by molar-refractivity contribution is 0.0676. The van der Waals surface area contributed by atoms with E-state index in [0.717, 1.165) is 16.9 Å². The molecule has 3 rings (SSSR count). The summed E-state index contributed by atoms with van der Waals surface area (Å²) in [5.74, 6) is 1.42. The Balaban J connectivity index is 1.73. The minimum Gasteiger partial charge on any atom is -0.490 e. The number of hydrogen-bond donors (Lipinski definition) is 2. The van der Waals surface area contributed by atoms with Crippen LogP contribution in [0.3, 0.4) is 0 Å². The lowest BCUT2D eigenvalue weighted by atomic mass is 9.99. The predicted octanol–water partition coefficient (Wildman–Crippen LogP) is 2.02. The Morgan fingerprint density at radius 1 is 1.20 bits per heavy atom. The Morgan fingerprint density at radius 2 is 2.00 bits per heavy atom. The maximum Gasteiger partial charge on any atom is 0.128 e. The van der Waals surface area contributed by atoms with E-state index >= 15 is 0 Å². The SMILES string of the molecule is N[C@@H]1c2ccc(OCc3ccccc3)cc2OC[C@@H]1O. The van der Waals surface area contributed by atoms with E-state index in [2.05, 4.69) is 0 Å². The normalized spacial score (nSPS) is 20.9. The highest BCUT2D eigenvalue weighted by Gasteiger charge is 2.26. The van der Waals surface area contributed by atoms with Crippen LogP contribution in [0.2, 0.25) is 0 Å². The lowest BCUT2D eigenvalue weighted by Crippen LogP contribution is -2.35. The van der Waals surface area contributed by atoms with E-state index in [0.29, 0.717) is 12.4 Å². The van der Waals surface area contributed by atoms with Crippen LogP contribution in [0.1, 0.15) is 17.2 Å². The highest BCUT2D eigenvalue weighted by Crippen LogP contribution is 2.33. The summed E-state index contributed by atoms with van der Waals surface area (Å²) >= 11 is 0.